The molecule has 0 aromatic rings. The Labute approximate surface area is 187 Å². The van der Waals surface area contributed by atoms with E-state index in [9.17, 15) is 0 Å². The summed E-state index contributed by atoms with van der Waals surface area (Å²) in [5, 5.41) is 0. The van der Waals surface area contributed by atoms with E-state index in [1.165, 1.54) is 0 Å². The van der Waals surface area contributed by atoms with Gasteiger partial charge in [0.05, 0.1) is 0 Å². The molecule has 0 aromatic carbocycles. The maximum atomic E-state index is 6.01. The zero-order chi connectivity index (χ0) is 18.3. The Morgan fingerprint density at radius 1 is 0.250 bits per heavy atom. The summed E-state index contributed by atoms with van der Waals surface area (Å²) in [6, 6.07) is 0. The van der Waals surface area contributed by atoms with E-state index in [0.717, 1.165) is 0 Å². The summed E-state index contributed by atoms with van der Waals surface area (Å²) in [4.78, 5) is 0. The van der Waals surface area contributed by atoms with Crippen LogP contribution in [0.2, 0.25) is 45.7 Å². The van der Waals surface area contributed by atoms with Crippen molar-refractivity contribution in [2.24, 2.45) is 0 Å². The van der Waals surface area contributed by atoms with Crippen LogP contribution in [0.25, 0.3) is 0 Å². The second-order valence-electron chi connectivity index (χ2n) is 4.17. The molecule has 0 aromatic heterocycles. The molecule has 144 valence electrons. The van der Waals surface area contributed by atoms with Gasteiger partial charge in [-0.25, -0.2) is 0 Å². The van der Waals surface area contributed by atoms with E-state index in [2.05, 4.69) is 0 Å². The minimum atomic E-state index is -1.80. The molecule has 0 saturated carbocycles. The zero-order valence-electron chi connectivity index (χ0n) is 14.8. The first-order valence-electron chi connectivity index (χ1n) is 6.50. The van der Waals surface area contributed by atoms with Crippen LogP contribution in [0.3, 0.4) is 0 Å². The fourth-order valence-electron chi connectivity index (χ4n) is 1.41. The van der Waals surface area contributed by atoms with Gasteiger partial charge in [-0.2, -0.15) is 0 Å². The second kappa shape index (κ2) is 14.2. The van der Waals surface area contributed by atoms with Crippen LogP contribution in [0.4, 0.5) is 0 Å². The molecule has 1 aliphatic rings. The Morgan fingerprint density at radius 2 is 0.333 bits per heavy atom. The fraction of sp³-hybridized carbons (Fsp3) is 1.00. The van der Waals surface area contributed by atoms with E-state index in [1.54, 1.807) is 0 Å². The molecule has 0 atom stereocenters. The van der Waals surface area contributed by atoms with Crippen LogP contribution in [-0.4, -0.2) is 123 Å². The molecule has 1 aliphatic heterocycles. The van der Waals surface area contributed by atoms with E-state index in [1.807, 2.05) is 45.7 Å². The summed E-state index contributed by atoms with van der Waals surface area (Å²) < 4.78 is 48.1. The van der Waals surface area contributed by atoms with E-state index in [4.69, 9.17) is 21.7 Å². The quantitative estimate of drug-likeness (QED) is 0.336. The second-order valence-corrected chi connectivity index (χ2v) is 35.9. The molecule has 8 nitrogen and oxygen atoms in total. The summed E-state index contributed by atoms with van der Waals surface area (Å²) in [5.74, 6) is 0. The third-order valence-corrected chi connectivity index (χ3v) is 49.7. The van der Waals surface area contributed by atoms with Gasteiger partial charge in [-0.3, -0.25) is 0 Å². The van der Waals surface area contributed by atoms with Crippen molar-refractivity contribution in [1.82, 2.24) is 0 Å². The molecule has 0 N–H and O–H groups in total. The Balaban J connectivity index is 2.68. The van der Waals surface area contributed by atoms with Crippen LogP contribution in [-0.2, 0) is 21.7 Å². The van der Waals surface area contributed by atoms with Gasteiger partial charge in [0.15, 0.2) is 0 Å². The first-order chi connectivity index (χ1) is 11.2. The molecule has 0 aliphatic carbocycles. The van der Waals surface area contributed by atoms with Crippen LogP contribution < -0.4 is 0 Å². The summed E-state index contributed by atoms with van der Waals surface area (Å²) in [6.07, 6.45) is 0. The van der Waals surface area contributed by atoms with E-state index in [0.29, 0.717) is 0 Å². The summed E-state index contributed by atoms with van der Waals surface area (Å²) in [5.41, 5.74) is 16.3. The Kier molecular flexibility index (Phi) is 15.5. The van der Waals surface area contributed by atoms with Crippen molar-refractivity contribution in [3.8, 4) is 0 Å². The van der Waals surface area contributed by atoms with E-state index >= 15 is 0 Å². The van der Waals surface area contributed by atoms with Crippen molar-refractivity contribution in [1.29, 1.82) is 0 Å². The summed E-state index contributed by atoms with van der Waals surface area (Å²) in [6.45, 7) is 0. The van der Waals surface area contributed by atoms with Crippen LogP contribution in [0.15, 0.2) is 0 Å². The number of hydrogen-bond donors (Lipinski definition) is 0. The Hall–Kier alpha value is 4.15. The first-order valence-corrected chi connectivity index (χ1v) is 33.8. The molecular weight excluding hydrogens is 823 g/mol. The van der Waals surface area contributed by atoms with Gasteiger partial charge in [0.25, 0.3) is 0 Å². The third-order valence-electron chi connectivity index (χ3n) is 1.84. The summed E-state index contributed by atoms with van der Waals surface area (Å²) in [7, 11) is 0. The van der Waals surface area contributed by atoms with E-state index in [-0.39, 0.29) is 0 Å². The molecule has 1 fully saturated rings. The fourth-order valence-corrected chi connectivity index (χ4v) is 51.7. The average Bonchev–Trinajstić information content (AvgIpc) is 2.34. The van der Waals surface area contributed by atoms with Crippen LogP contribution >= 0.6 is 0 Å². The monoisotopic (exact) mass is 848 g/mol. The van der Waals surface area contributed by atoms with Gasteiger partial charge in [-0.1, -0.05) is 0 Å². The van der Waals surface area contributed by atoms with Crippen molar-refractivity contribution in [3.05, 3.63) is 0 Å². The molecule has 0 unspecified atom stereocenters. The van der Waals surface area contributed by atoms with Crippen LogP contribution in [0.5, 0.6) is 0 Å². The predicted octanol–water partition coefficient (Wildman–Crippen LogP) is 1.08. The SMILES string of the molecule is C[As]1O[As](C)O[As](C)O[As](C)O[As](C)O[As](C)O[As](C)O[As](C)O1. The van der Waals surface area contributed by atoms with Crippen molar-refractivity contribution in [2.75, 3.05) is 0 Å². The Morgan fingerprint density at radius 3 is 0.417 bits per heavy atom. The topological polar surface area (TPSA) is 73.8 Å². The minimum absolute atomic E-state index is 1.80. The van der Waals surface area contributed by atoms with Gasteiger partial charge in [-0.15, -0.1) is 0 Å². The zero-order valence-corrected chi connectivity index (χ0v) is 29.9. The van der Waals surface area contributed by atoms with Crippen LogP contribution in [0.1, 0.15) is 0 Å². The third kappa shape index (κ3) is 12.7. The van der Waals surface area contributed by atoms with Gasteiger partial charge < -0.3 is 0 Å². The van der Waals surface area contributed by atoms with Gasteiger partial charge in [0, 0.05) is 0 Å². The maximum absolute atomic E-state index is 6.01. The van der Waals surface area contributed by atoms with Crippen LogP contribution in [0, 0.1) is 0 Å². The molecule has 1 saturated heterocycles. The standard InChI is InChI=1S/C8H24As8O8/c1-9-17-10(2)19-12(4)21-14(6)23-16(8)24-15(7)22-13(5)20-11(3)18-9/h1-8H3. The van der Waals surface area contributed by atoms with Crippen molar-refractivity contribution >= 4 is 123 Å². The van der Waals surface area contributed by atoms with Crippen molar-refractivity contribution < 1.29 is 21.7 Å². The molecule has 0 radical (unpaired) electrons. The summed E-state index contributed by atoms with van der Waals surface area (Å²) >= 11 is -14.4. The molecule has 0 amide bonds. The number of rotatable bonds is 0. The first kappa shape index (κ1) is 26.2. The molecule has 24 heavy (non-hydrogen) atoms. The molecular formula is C8H24As8O8. The molecule has 1 heterocycles. The van der Waals surface area contributed by atoms with Gasteiger partial charge in [0.2, 0.25) is 0 Å². The van der Waals surface area contributed by atoms with Gasteiger partial charge >= 0.3 is 190 Å². The Bertz CT molecular complexity index is 246. The molecule has 0 bridgehead atoms. The number of hydrogen-bond acceptors (Lipinski definition) is 8. The normalized spacial score (nSPS) is 45.0. The van der Waals surface area contributed by atoms with Crippen molar-refractivity contribution in [3.63, 3.8) is 0 Å². The van der Waals surface area contributed by atoms with E-state index < -0.39 is 123 Å². The van der Waals surface area contributed by atoms with Crippen molar-refractivity contribution in [2.45, 2.75) is 45.7 Å². The molecule has 1 rings (SSSR count). The molecule has 0 spiro atoms. The molecule has 16 heteroatoms. The average molecular weight is 848 g/mol. The van der Waals surface area contributed by atoms with Gasteiger partial charge in [0.1, 0.15) is 0 Å². The van der Waals surface area contributed by atoms with Gasteiger partial charge in [-0.05, 0) is 0 Å². The predicted molar refractivity (Wildman–Crippen MR) is 102 cm³/mol.